The van der Waals surface area contributed by atoms with Crippen molar-refractivity contribution in [3.63, 3.8) is 0 Å². The maximum atomic E-state index is 10.1. The molecule has 0 radical (unpaired) electrons. The van der Waals surface area contributed by atoms with E-state index in [9.17, 15) is 5.11 Å². The first-order valence-corrected chi connectivity index (χ1v) is 8.12. The van der Waals surface area contributed by atoms with Crippen LogP contribution in [-0.2, 0) is 6.54 Å². The zero-order chi connectivity index (χ0) is 14.7. The minimum Gasteiger partial charge on any atom is -0.507 e. The molecule has 2 aliphatic rings. The van der Waals surface area contributed by atoms with E-state index in [1.165, 1.54) is 32.1 Å². The van der Waals surface area contributed by atoms with Gasteiger partial charge in [-0.05, 0) is 31.2 Å². The molecule has 0 amide bonds. The maximum Gasteiger partial charge on any atom is 0.231 e. The fourth-order valence-corrected chi connectivity index (χ4v) is 3.54. The van der Waals surface area contributed by atoms with Gasteiger partial charge in [-0.2, -0.15) is 0 Å². The number of hydrogen-bond acceptors (Lipinski definition) is 4. The summed E-state index contributed by atoms with van der Waals surface area (Å²) in [5.41, 5.74) is 0.883. The van der Waals surface area contributed by atoms with E-state index in [-0.39, 0.29) is 12.5 Å². The topological polar surface area (TPSA) is 50.7 Å². The molecule has 0 bridgehead atoms. The van der Waals surface area contributed by atoms with E-state index in [2.05, 4.69) is 12.2 Å². The van der Waals surface area contributed by atoms with Gasteiger partial charge in [0, 0.05) is 24.2 Å². The Kier molecular flexibility index (Phi) is 4.54. The van der Waals surface area contributed by atoms with E-state index in [0.717, 1.165) is 23.7 Å². The molecule has 2 N–H and O–H groups in total. The lowest BCUT2D eigenvalue weighted by Gasteiger charge is -2.30. The van der Waals surface area contributed by atoms with Gasteiger partial charge in [0.05, 0.1) is 0 Å². The monoisotopic (exact) mass is 291 g/mol. The fourth-order valence-electron chi connectivity index (χ4n) is 3.54. The summed E-state index contributed by atoms with van der Waals surface area (Å²) in [6.07, 6.45) is 7.90. The summed E-state index contributed by atoms with van der Waals surface area (Å²) in [4.78, 5) is 0. The first-order valence-electron chi connectivity index (χ1n) is 8.12. The number of benzene rings is 1. The van der Waals surface area contributed by atoms with Crippen LogP contribution in [0.4, 0.5) is 0 Å². The molecule has 1 aliphatic carbocycles. The molecule has 1 aliphatic heterocycles. The summed E-state index contributed by atoms with van der Waals surface area (Å²) in [5, 5.41) is 13.7. The summed E-state index contributed by atoms with van der Waals surface area (Å²) in [6, 6.07) is 4.08. The number of phenols is 1. The number of ether oxygens (including phenoxy) is 2. The summed E-state index contributed by atoms with van der Waals surface area (Å²) in [5.74, 6) is 2.43. The summed E-state index contributed by atoms with van der Waals surface area (Å²) < 4.78 is 10.7. The van der Waals surface area contributed by atoms with E-state index in [4.69, 9.17) is 9.47 Å². The zero-order valence-corrected chi connectivity index (χ0v) is 12.7. The van der Waals surface area contributed by atoms with Crippen LogP contribution >= 0.6 is 0 Å². The van der Waals surface area contributed by atoms with Gasteiger partial charge < -0.3 is 19.9 Å². The first-order chi connectivity index (χ1) is 10.3. The summed E-state index contributed by atoms with van der Waals surface area (Å²) in [6.45, 7) is 3.16. The lowest BCUT2D eigenvalue weighted by molar-refractivity contribution is 0.174. The first kappa shape index (κ1) is 14.5. The molecule has 1 heterocycles. The number of phenolic OH excluding ortho intramolecular Hbond substituents is 1. The Morgan fingerprint density at radius 2 is 1.90 bits per heavy atom. The lowest BCUT2D eigenvalue weighted by atomic mass is 9.83. The minimum absolute atomic E-state index is 0.241. The van der Waals surface area contributed by atoms with Crippen molar-refractivity contribution in [3.8, 4) is 17.2 Å². The SMILES string of the molecule is CCC(NCc1cc2c(cc1O)OCO2)C1CCCCC1. The van der Waals surface area contributed by atoms with E-state index < -0.39 is 0 Å². The lowest BCUT2D eigenvalue weighted by Crippen LogP contribution is -2.36. The molecule has 4 heteroatoms. The van der Waals surface area contributed by atoms with Gasteiger partial charge in [-0.15, -0.1) is 0 Å². The highest BCUT2D eigenvalue weighted by molar-refractivity contribution is 5.51. The second-order valence-corrected chi connectivity index (χ2v) is 6.13. The second-order valence-electron chi connectivity index (χ2n) is 6.13. The number of hydrogen-bond donors (Lipinski definition) is 2. The van der Waals surface area contributed by atoms with Crippen molar-refractivity contribution in [2.24, 2.45) is 5.92 Å². The van der Waals surface area contributed by atoms with Crippen LogP contribution < -0.4 is 14.8 Å². The Morgan fingerprint density at radius 3 is 2.62 bits per heavy atom. The Bertz CT molecular complexity index is 483. The average Bonchev–Trinajstić information content (AvgIpc) is 2.96. The molecule has 116 valence electrons. The smallest absolute Gasteiger partial charge is 0.231 e. The van der Waals surface area contributed by atoms with Crippen LogP contribution in [0.15, 0.2) is 12.1 Å². The number of nitrogens with one attached hydrogen (secondary N) is 1. The van der Waals surface area contributed by atoms with E-state index in [1.807, 2.05) is 6.07 Å². The molecule has 1 aromatic rings. The normalized spacial score (nSPS) is 19.7. The molecule has 1 aromatic carbocycles. The van der Waals surface area contributed by atoms with Gasteiger partial charge in [0.1, 0.15) is 5.75 Å². The Morgan fingerprint density at radius 1 is 1.19 bits per heavy atom. The molecule has 1 unspecified atom stereocenters. The van der Waals surface area contributed by atoms with Gasteiger partial charge in [0.15, 0.2) is 11.5 Å². The van der Waals surface area contributed by atoms with Crippen molar-refractivity contribution in [3.05, 3.63) is 17.7 Å². The average molecular weight is 291 g/mol. The van der Waals surface area contributed by atoms with Crippen LogP contribution in [0.3, 0.4) is 0 Å². The van der Waals surface area contributed by atoms with Crippen molar-refractivity contribution < 1.29 is 14.6 Å². The van der Waals surface area contributed by atoms with Crippen molar-refractivity contribution >= 4 is 0 Å². The Hall–Kier alpha value is -1.42. The Balaban J connectivity index is 1.63. The van der Waals surface area contributed by atoms with Gasteiger partial charge in [-0.1, -0.05) is 26.2 Å². The number of rotatable bonds is 5. The fraction of sp³-hybridized carbons (Fsp3) is 0.647. The van der Waals surface area contributed by atoms with Crippen LogP contribution in [0.5, 0.6) is 17.2 Å². The van der Waals surface area contributed by atoms with E-state index in [1.54, 1.807) is 6.07 Å². The predicted octanol–water partition coefficient (Wildman–Crippen LogP) is 3.57. The van der Waals surface area contributed by atoms with Crippen molar-refractivity contribution in [2.75, 3.05) is 6.79 Å². The molecule has 0 saturated heterocycles. The number of aromatic hydroxyl groups is 1. The predicted molar refractivity (Wildman–Crippen MR) is 81.7 cm³/mol. The van der Waals surface area contributed by atoms with Crippen LogP contribution in [0.25, 0.3) is 0 Å². The molecular weight excluding hydrogens is 266 g/mol. The third-order valence-corrected chi connectivity index (χ3v) is 4.79. The van der Waals surface area contributed by atoms with Crippen LogP contribution in [0.2, 0.25) is 0 Å². The van der Waals surface area contributed by atoms with Crippen molar-refractivity contribution in [1.82, 2.24) is 5.32 Å². The highest BCUT2D eigenvalue weighted by atomic mass is 16.7. The molecule has 4 nitrogen and oxygen atoms in total. The van der Waals surface area contributed by atoms with Crippen molar-refractivity contribution in [1.29, 1.82) is 0 Å². The maximum absolute atomic E-state index is 10.1. The molecule has 1 atom stereocenters. The molecular formula is C17H25NO3. The quantitative estimate of drug-likeness (QED) is 0.871. The molecule has 3 rings (SSSR count). The molecule has 21 heavy (non-hydrogen) atoms. The highest BCUT2D eigenvalue weighted by Gasteiger charge is 2.23. The molecule has 1 fully saturated rings. The van der Waals surface area contributed by atoms with E-state index in [0.29, 0.717) is 18.3 Å². The van der Waals surface area contributed by atoms with Crippen molar-refractivity contribution in [2.45, 2.75) is 58.0 Å². The second kappa shape index (κ2) is 6.56. The standard InChI is InChI=1S/C17H25NO3/c1-2-14(12-6-4-3-5-7-12)18-10-13-8-16-17(9-15(13)19)21-11-20-16/h8-9,12,14,18-19H,2-7,10-11H2,1H3. The minimum atomic E-state index is 0.241. The summed E-state index contributed by atoms with van der Waals surface area (Å²) in [7, 11) is 0. The number of fused-ring (bicyclic) bond motifs is 1. The third-order valence-electron chi connectivity index (χ3n) is 4.79. The highest BCUT2D eigenvalue weighted by Crippen LogP contribution is 2.37. The molecule has 1 saturated carbocycles. The van der Waals surface area contributed by atoms with Crippen LogP contribution in [0, 0.1) is 5.92 Å². The van der Waals surface area contributed by atoms with Crippen LogP contribution in [-0.4, -0.2) is 17.9 Å². The van der Waals surface area contributed by atoms with Gasteiger partial charge in [-0.3, -0.25) is 0 Å². The van der Waals surface area contributed by atoms with Gasteiger partial charge in [0.2, 0.25) is 6.79 Å². The van der Waals surface area contributed by atoms with Gasteiger partial charge >= 0.3 is 0 Å². The van der Waals surface area contributed by atoms with E-state index >= 15 is 0 Å². The van der Waals surface area contributed by atoms with Gasteiger partial charge in [-0.25, -0.2) is 0 Å². The largest absolute Gasteiger partial charge is 0.507 e. The Labute approximate surface area is 126 Å². The molecule has 0 spiro atoms. The van der Waals surface area contributed by atoms with Gasteiger partial charge in [0.25, 0.3) is 0 Å². The summed E-state index contributed by atoms with van der Waals surface area (Å²) >= 11 is 0. The zero-order valence-electron chi connectivity index (χ0n) is 12.7. The van der Waals surface area contributed by atoms with Crippen LogP contribution in [0.1, 0.15) is 51.0 Å². The molecule has 0 aromatic heterocycles. The third kappa shape index (κ3) is 3.26.